The maximum Gasteiger partial charge on any atom is 0.314 e. The van der Waals surface area contributed by atoms with Crippen molar-refractivity contribution in [2.45, 2.75) is 25.7 Å². The lowest BCUT2D eigenvalue weighted by molar-refractivity contribution is -0.129. The number of rotatable bonds is 6. The molecule has 1 aliphatic rings. The van der Waals surface area contributed by atoms with Gasteiger partial charge in [-0.1, -0.05) is 30.3 Å². The molecular weight excluding hydrogens is 266 g/mol. The molecule has 0 spiro atoms. The van der Waals surface area contributed by atoms with Gasteiger partial charge in [0.05, 0.1) is 0 Å². The van der Waals surface area contributed by atoms with E-state index in [1.165, 1.54) is 5.56 Å². The topological polar surface area (TPSA) is 61.4 Å². The zero-order chi connectivity index (χ0) is 14.9. The Morgan fingerprint density at radius 3 is 2.38 bits per heavy atom. The van der Waals surface area contributed by atoms with Gasteiger partial charge in [0.1, 0.15) is 0 Å². The number of likely N-dealkylation sites (tertiary alicyclic amines) is 1. The van der Waals surface area contributed by atoms with E-state index in [9.17, 15) is 9.59 Å². The van der Waals surface area contributed by atoms with Gasteiger partial charge >= 0.3 is 6.03 Å². The average Bonchev–Trinajstić information content (AvgIpc) is 3.02. The number of benzene rings is 1. The SMILES string of the molecule is O=C(NCCC(=O)N1CCCC1)NCCc1ccccc1. The number of amides is 3. The maximum atomic E-state index is 11.8. The van der Waals surface area contributed by atoms with Crippen molar-refractivity contribution in [1.82, 2.24) is 15.5 Å². The predicted molar refractivity (Wildman–Crippen MR) is 82.0 cm³/mol. The molecule has 1 aliphatic heterocycles. The van der Waals surface area contributed by atoms with Crippen LogP contribution in [-0.4, -0.2) is 43.0 Å². The van der Waals surface area contributed by atoms with Crippen LogP contribution >= 0.6 is 0 Å². The van der Waals surface area contributed by atoms with Gasteiger partial charge in [0.25, 0.3) is 0 Å². The van der Waals surface area contributed by atoms with Crippen molar-refractivity contribution in [3.8, 4) is 0 Å². The molecule has 0 saturated carbocycles. The van der Waals surface area contributed by atoms with Crippen molar-refractivity contribution in [3.63, 3.8) is 0 Å². The highest BCUT2D eigenvalue weighted by Crippen LogP contribution is 2.08. The van der Waals surface area contributed by atoms with E-state index >= 15 is 0 Å². The lowest BCUT2D eigenvalue weighted by Crippen LogP contribution is -2.39. The highest BCUT2D eigenvalue weighted by atomic mass is 16.2. The molecule has 0 atom stereocenters. The Balaban J connectivity index is 1.54. The second kappa shape index (κ2) is 8.29. The third kappa shape index (κ3) is 5.45. The van der Waals surface area contributed by atoms with Gasteiger partial charge in [0, 0.05) is 32.6 Å². The molecule has 2 rings (SSSR count). The third-order valence-electron chi connectivity index (χ3n) is 3.63. The van der Waals surface area contributed by atoms with Crippen LogP contribution in [0.3, 0.4) is 0 Å². The lowest BCUT2D eigenvalue weighted by Gasteiger charge is -2.15. The number of hydrogen-bond donors (Lipinski definition) is 2. The summed E-state index contributed by atoms with van der Waals surface area (Å²) in [4.78, 5) is 25.2. The van der Waals surface area contributed by atoms with Crippen LogP contribution in [0.1, 0.15) is 24.8 Å². The van der Waals surface area contributed by atoms with Gasteiger partial charge in [-0.15, -0.1) is 0 Å². The number of nitrogens with one attached hydrogen (secondary N) is 2. The van der Waals surface area contributed by atoms with Crippen molar-refractivity contribution in [2.24, 2.45) is 0 Å². The fourth-order valence-corrected chi connectivity index (χ4v) is 2.44. The molecule has 1 aromatic rings. The summed E-state index contributed by atoms with van der Waals surface area (Å²) in [7, 11) is 0. The van der Waals surface area contributed by atoms with Crippen LogP contribution < -0.4 is 10.6 Å². The molecule has 114 valence electrons. The van der Waals surface area contributed by atoms with Crippen molar-refractivity contribution in [2.75, 3.05) is 26.2 Å². The molecule has 0 unspecified atom stereocenters. The Morgan fingerprint density at radius 2 is 1.67 bits per heavy atom. The van der Waals surface area contributed by atoms with Gasteiger partial charge in [-0.2, -0.15) is 0 Å². The van der Waals surface area contributed by atoms with E-state index in [1.54, 1.807) is 0 Å². The van der Waals surface area contributed by atoms with Gasteiger partial charge in [-0.3, -0.25) is 4.79 Å². The van der Waals surface area contributed by atoms with E-state index < -0.39 is 0 Å². The van der Waals surface area contributed by atoms with E-state index in [0.717, 1.165) is 32.4 Å². The smallest absolute Gasteiger partial charge is 0.314 e. The summed E-state index contributed by atoms with van der Waals surface area (Å²) in [6, 6.07) is 9.81. The van der Waals surface area contributed by atoms with Gasteiger partial charge in [-0.05, 0) is 24.8 Å². The number of urea groups is 1. The van der Waals surface area contributed by atoms with E-state index in [4.69, 9.17) is 0 Å². The van der Waals surface area contributed by atoms with Crippen molar-refractivity contribution < 1.29 is 9.59 Å². The van der Waals surface area contributed by atoms with Gasteiger partial charge in [0.2, 0.25) is 5.91 Å². The molecule has 1 heterocycles. The van der Waals surface area contributed by atoms with Crippen molar-refractivity contribution in [3.05, 3.63) is 35.9 Å². The lowest BCUT2D eigenvalue weighted by atomic mass is 10.1. The second-order valence-corrected chi connectivity index (χ2v) is 5.26. The van der Waals surface area contributed by atoms with Crippen molar-refractivity contribution in [1.29, 1.82) is 0 Å². The molecule has 1 aromatic carbocycles. The summed E-state index contributed by atoms with van der Waals surface area (Å²) in [5, 5.41) is 5.53. The summed E-state index contributed by atoms with van der Waals surface area (Å²) < 4.78 is 0. The molecule has 1 saturated heterocycles. The first-order valence-corrected chi connectivity index (χ1v) is 7.59. The molecule has 0 radical (unpaired) electrons. The number of nitrogens with zero attached hydrogens (tertiary/aromatic N) is 1. The van der Waals surface area contributed by atoms with Crippen LogP contribution in [0.2, 0.25) is 0 Å². The first-order chi connectivity index (χ1) is 10.3. The number of carbonyl (C=O) groups is 2. The quantitative estimate of drug-likeness (QED) is 0.834. The third-order valence-corrected chi connectivity index (χ3v) is 3.63. The predicted octanol–water partition coefficient (Wildman–Crippen LogP) is 1.54. The molecular formula is C16H23N3O2. The van der Waals surface area contributed by atoms with Crippen molar-refractivity contribution >= 4 is 11.9 Å². The van der Waals surface area contributed by atoms with Crippen LogP contribution in [0, 0.1) is 0 Å². The molecule has 0 aromatic heterocycles. The van der Waals surface area contributed by atoms with E-state index in [1.807, 2.05) is 35.2 Å². The van der Waals surface area contributed by atoms with E-state index in [-0.39, 0.29) is 11.9 Å². The Bertz CT molecular complexity index is 456. The molecule has 1 fully saturated rings. The Labute approximate surface area is 125 Å². The zero-order valence-corrected chi connectivity index (χ0v) is 12.3. The summed E-state index contributed by atoms with van der Waals surface area (Å²) in [6.07, 6.45) is 3.38. The van der Waals surface area contributed by atoms with Gasteiger partial charge < -0.3 is 15.5 Å². The summed E-state index contributed by atoms with van der Waals surface area (Å²) in [5.74, 6) is 0.136. The summed E-state index contributed by atoms with van der Waals surface area (Å²) in [5.41, 5.74) is 1.20. The minimum Gasteiger partial charge on any atom is -0.343 e. The Kier molecular flexibility index (Phi) is 6.06. The fourth-order valence-electron chi connectivity index (χ4n) is 2.44. The van der Waals surface area contributed by atoms with Gasteiger partial charge in [0.15, 0.2) is 0 Å². The van der Waals surface area contributed by atoms with Crippen LogP contribution in [-0.2, 0) is 11.2 Å². The molecule has 3 amide bonds. The van der Waals surface area contributed by atoms with Crippen LogP contribution in [0.25, 0.3) is 0 Å². The first-order valence-electron chi connectivity index (χ1n) is 7.59. The largest absolute Gasteiger partial charge is 0.343 e. The molecule has 5 nitrogen and oxygen atoms in total. The standard InChI is InChI=1S/C16H23N3O2/c20-15(19-12-4-5-13-19)9-11-18-16(21)17-10-8-14-6-2-1-3-7-14/h1-3,6-7H,4-5,8-13H2,(H2,17,18,21). The molecule has 0 aliphatic carbocycles. The van der Waals surface area contributed by atoms with Crippen LogP contribution in [0.15, 0.2) is 30.3 Å². The number of carbonyl (C=O) groups excluding carboxylic acids is 2. The summed E-state index contributed by atoms with van der Waals surface area (Å²) in [6.45, 7) is 2.71. The first kappa shape index (κ1) is 15.4. The van der Waals surface area contributed by atoms with Gasteiger partial charge in [-0.25, -0.2) is 4.79 Å². The number of hydrogen-bond acceptors (Lipinski definition) is 2. The molecule has 5 heteroatoms. The van der Waals surface area contributed by atoms with Crippen LogP contribution in [0.5, 0.6) is 0 Å². The Morgan fingerprint density at radius 1 is 1.00 bits per heavy atom. The molecule has 2 N–H and O–H groups in total. The molecule has 0 bridgehead atoms. The Hall–Kier alpha value is -2.04. The minimum atomic E-state index is -0.208. The highest BCUT2D eigenvalue weighted by molar-refractivity contribution is 5.78. The van der Waals surface area contributed by atoms with Crippen LogP contribution in [0.4, 0.5) is 4.79 Å². The summed E-state index contributed by atoms with van der Waals surface area (Å²) >= 11 is 0. The van der Waals surface area contributed by atoms with E-state index in [2.05, 4.69) is 10.6 Å². The monoisotopic (exact) mass is 289 g/mol. The fraction of sp³-hybridized carbons (Fsp3) is 0.500. The maximum absolute atomic E-state index is 11.8. The zero-order valence-electron chi connectivity index (χ0n) is 12.3. The highest BCUT2D eigenvalue weighted by Gasteiger charge is 2.17. The molecule has 21 heavy (non-hydrogen) atoms. The van der Waals surface area contributed by atoms with E-state index in [0.29, 0.717) is 19.5 Å². The normalized spacial score (nSPS) is 14.0. The second-order valence-electron chi connectivity index (χ2n) is 5.26. The average molecular weight is 289 g/mol. The minimum absolute atomic E-state index is 0.136.